The largest absolute Gasteiger partial charge is 0.348 e. The predicted octanol–water partition coefficient (Wildman–Crippen LogP) is 3.55. The second-order valence-corrected chi connectivity index (χ2v) is 7.40. The van der Waals surface area contributed by atoms with E-state index in [0.29, 0.717) is 18.5 Å². The molecular formula is C23H24N4O2. The van der Waals surface area contributed by atoms with Crippen molar-refractivity contribution in [2.45, 2.75) is 33.2 Å². The SMILES string of the molecule is Cc1cccc(-n2ncc(C(=O)NCc3cccc(N4CCCC4=O)c3)c2C)c1. The van der Waals surface area contributed by atoms with Gasteiger partial charge < -0.3 is 10.2 Å². The number of nitrogens with zero attached hydrogens (tertiary/aromatic N) is 3. The Bertz CT molecular complexity index is 1070. The van der Waals surface area contributed by atoms with Gasteiger partial charge in [0.25, 0.3) is 5.91 Å². The third kappa shape index (κ3) is 3.92. The summed E-state index contributed by atoms with van der Waals surface area (Å²) in [5, 5.41) is 7.36. The van der Waals surface area contributed by atoms with Crippen LogP contribution >= 0.6 is 0 Å². The molecule has 1 N–H and O–H groups in total. The molecule has 1 saturated heterocycles. The maximum absolute atomic E-state index is 12.7. The van der Waals surface area contributed by atoms with E-state index in [1.54, 1.807) is 15.8 Å². The quantitative estimate of drug-likeness (QED) is 0.727. The number of nitrogens with one attached hydrogen (secondary N) is 1. The summed E-state index contributed by atoms with van der Waals surface area (Å²) in [4.78, 5) is 26.5. The zero-order valence-electron chi connectivity index (χ0n) is 16.7. The standard InChI is InChI=1S/C23H24N4O2/c1-16-6-3-9-20(12-16)27-17(2)21(15-25-27)23(29)24-14-18-7-4-8-19(13-18)26-11-5-10-22(26)28/h3-4,6-9,12-13,15H,5,10-11,14H2,1-2H3,(H,24,29). The number of hydrogen-bond acceptors (Lipinski definition) is 3. The summed E-state index contributed by atoms with van der Waals surface area (Å²) in [5.41, 5.74) is 5.27. The second-order valence-electron chi connectivity index (χ2n) is 7.40. The highest BCUT2D eigenvalue weighted by Crippen LogP contribution is 2.22. The summed E-state index contributed by atoms with van der Waals surface area (Å²) in [6, 6.07) is 15.8. The minimum absolute atomic E-state index is 0.158. The van der Waals surface area contributed by atoms with Gasteiger partial charge in [0, 0.05) is 25.2 Å². The van der Waals surface area contributed by atoms with Crippen LogP contribution in [0.1, 0.15) is 40.0 Å². The molecule has 0 aliphatic carbocycles. The van der Waals surface area contributed by atoms with E-state index in [9.17, 15) is 9.59 Å². The Hall–Kier alpha value is -3.41. The molecule has 0 atom stereocenters. The minimum Gasteiger partial charge on any atom is -0.348 e. The van der Waals surface area contributed by atoms with Crippen molar-refractivity contribution in [3.8, 4) is 5.69 Å². The number of benzene rings is 2. The molecule has 1 aliphatic rings. The van der Waals surface area contributed by atoms with Crippen LogP contribution in [0.2, 0.25) is 0 Å². The van der Waals surface area contributed by atoms with Crippen LogP contribution in [0.3, 0.4) is 0 Å². The third-order valence-corrected chi connectivity index (χ3v) is 5.25. The minimum atomic E-state index is -0.163. The van der Waals surface area contributed by atoms with Crippen LogP contribution in [0.15, 0.2) is 54.7 Å². The first kappa shape index (κ1) is 18.9. The Morgan fingerprint density at radius 3 is 2.66 bits per heavy atom. The number of anilines is 1. The van der Waals surface area contributed by atoms with E-state index in [2.05, 4.69) is 10.4 Å². The van der Waals surface area contributed by atoms with Crippen molar-refractivity contribution in [2.75, 3.05) is 11.4 Å². The molecule has 148 valence electrons. The molecule has 29 heavy (non-hydrogen) atoms. The van der Waals surface area contributed by atoms with Crippen LogP contribution in [-0.4, -0.2) is 28.1 Å². The molecule has 0 bridgehead atoms. The van der Waals surface area contributed by atoms with Crippen LogP contribution in [0.4, 0.5) is 5.69 Å². The van der Waals surface area contributed by atoms with E-state index in [4.69, 9.17) is 0 Å². The molecule has 4 rings (SSSR count). The fourth-order valence-electron chi connectivity index (χ4n) is 3.69. The van der Waals surface area contributed by atoms with Crippen molar-refractivity contribution in [1.29, 1.82) is 0 Å². The zero-order chi connectivity index (χ0) is 20.4. The normalized spacial score (nSPS) is 13.7. The highest BCUT2D eigenvalue weighted by atomic mass is 16.2. The lowest BCUT2D eigenvalue weighted by atomic mass is 10.1. The van der Waals surface area contributed by atoms with Gasteiger partial charge in [0.2, 0.25) is 5.91 Å². The van der Waals surface area contributed by atoms with E-state index < -0.39 is 0 Å². The van der Waals surface area contributed by atoms with Gasteiger partial charge in [-0.05, 0) is 55.7 Å². The fraction of sp³-hybridized carbons (Fsp3) is 0.261. The van der Waals surface area contributed by atoms with Crippen molar-refractivity contribution in [3.63, 3.8) is 0 Å². The molecule has 2 aromatic carbocycles. The lowest BCUT2D eigenvalue weighted by Crippen LogP contribution is -2.25. The second kappa shape index (κ2) is 7.91. The van der Waals surface area contributed by atoms with Gasteiger partial charge in [-0.25, -0.2) is 4.68 Å². The number of aromatic nitrogens is 2. The van der Waals surface area contributed by atoms with Crippen molar-refractivity contribution >= 4 is 17.5 Å². The molecule has 0 saturated carbocycles. The number of rotatable bonds is 5. The number of hydrogen-bond donors (Lipinski definition) is 1. The Balaban J connectivity index is 1.46. The molecular weight excluding hydrogens is 364 g/mol. The number of amides is 2. The maximum atomic E-state index is 12.7. The first-order valence-electron chi connectivity index (χ1n) is 9.82. The molecule has 0 spiro atoms. The molecule has 6 heteroatoms. The van der Waals surface area contributed by atoms with E-state index in [-0.39, 0.29) is 11.8 Å². The summed E-state index contributed by atoms with van der Waals surface area (Å²) >= 11 is 0. The molecule has 2 heterocycles. The molecule has 1 aromatic heterocycles. The summed E-state index contributed by atoms with van der Waals surface area (Å²) in [5.74, 6) is -0.00516. The van der Waals surface area contributed by atoms with E-state index in [0.717, 1.165) is 41.2 Å². The summed E-state index contributed by atoms with van der Waals surface area (Å²) in [6.07, 6.45) is 3.10. The summed E-state index contributed by atoms with van der Waals surface area (Å²) in [7, 11) is 0. The summed E-state index contributed by atoms with van der Waals surface area (Å²) < 4.78 is 1.78. The Morgan fingerprint density at radius 2 is 1.90 bits per heavy atom. The Morgan fingerprint density at radius 1 is 1.10 bits per heavy atom. The van der Waals surface area contributed by atoms with Crippen molar-refractivity contribution < 1.29 is 9.59 Å². The van der Waals surface area contributed by atoms with Gasteiger partial charge in [-0.3, -0.25) is 9.59 Å². The molecule has 6 nitrogen and oxygen atoms in total. The lowest BCUT2D eigenvalue weighted by Gasteiger charge is -2.16. The van der Waals surface area contributed by atoms with Crippen LogP contribution in [0.5, 0.6) is 0 Å². The topological polar surface area (TPSA) is 67.2 Å². The molecule has 0 radical (unpaired) electrons. The van der Waals surface area contributed by atoms with Gasteiger partial charge in [0.1, 0.15) is 0 Å². The molecule has 1 fully saturated rings. The number of carbonyl (C=O) groups excluding carboxylic acids is 2. The van der Waals surface area contributed by atoms with E-state index in [1.807, 2.05) is 62.4 Å². The van der Waals surface area contributed by atoms with Gasteiger partial charge >= 0.3 is 0 Å². The average molecular weight is 388 g/mol. The first-order valence-corrected chi connectivity index (χ1v) is 9.82. The van der Waals surface area contributed by atoms with Crippen LogP contribution in [0.25, 0.3) is 5.69 Å². The zero-order valence-corrected chi connectivity index (χ0v) is 16.7. The van der Waals surface area contributed by atoms with Gasteiger partial charge in [-0.1, -0.05) is 24.3 Å². The third-order valence-electron chi connectivity index (χ3n) is 5.25. The van der Waals surface area contributed by atoms with Crippen molar-refractivity contribution in [2.24, 2.45) is 0 Å². The van der Waals surface area contributed by atoms with Crippen molar-refractivity contribution in [3.05, 3.63) is 77.1 Å². The highest BCUT2D eigenvalue weighted by Gasteiger charge is 2.21. The van der Waals surface area contributed by atoms with Crippen LogP contribution in [-0.2, 0) is 11.3 Å². The highest BCUT2D eigenvalue weighted by molar-refractivity contribution is 5.96. The van der Waals surface area contributed by atoms with E-state index >= 15 is 0 Å². The van der Waals surface area contributed by atoms with Crippen LogP contribution in [0, 0.1) is 13.8 Å². The van der Waals surface area contributed by atoms with Crippen LogP contribution < -0.4 is 10.2 Å². The average Bonchev–Trinajstić information content (AvgIpc) is 3.32. The smallest absolute Gasteiger partial charge is 0.255 e. The number of carbonyl (C=O) groups is 2. The first-order chi connectivity index (χ1) is 14.0. The molecule has 1 aliphatic heterocycles. The maximum Gasteiger partial charge on any atom is 0.255 e. The summed E-state index contributed by atoms with van der Waals surface area (Å²) in [6.45, 7) is 5.07. The molecule has 0 unspecified atom stereocenters. The Labute approximate surface area is 170 Å². The van der Waals surface area contributed by atoms with Gasteiger partial charge in [0.05, 0.1) is 23.1 Å². The monoisotopic (exact) mass is 388 g/mol. The van der Waals surface area contributed by atoms with Gasteiger partial charge in [-0.15, -0.1) is 0 Å². The Kier molecular flexibility index (Phi) is 5.16. The lowest BCUT2D eigenvalue weighted by molar-refractivity contribution is -0.117. The fourth-order valence-corrected chi connectivity index (χ4v) is 3.69. The van der Waals surface area contributed by atoms with Crippen molar-refractivity contribution in [1.82, 2.24) is 15.1 Å². The van der Waals surface area contributed by atoms with E-state index in [1.165, 1.54) is 0 Å². The predicted molar refractivity (Wildman–Crippen MR) is 112 cm³/mol. The molecule has 2 amide bonds. The van der Waals surface area contributed by atoms with Gasteiger partial charge in [-0.2, -0.15) is 5.10 Å². The molecule has 3 aromatic rings. The van der Waals surface area contributed by atoms with Gasteiger partial charge in [0.15, 0.2) is 0 Å². The number of aryl methyl sites for hydroxylation is 1.